The highest BCUT2D eigenvalue weighted by molar-refractivity contribution is 5.95. The molecule has 0 amide bonds. The molecule has 33 heavy (non-hydrogen) atoms. The van der Waals surface area contributed by atoms with Crippen molar-refractivity contribution in [2.75, 3.05) is 38.0 Å². The summed E-state index contributed by atoms with van der Waals surface area (Å²) in [5, 5.41) is 2.85. The summed E-state index contributed by atoms with van der Waals surface area (Å²) < 4.78 is 10.4. The maximum atomic E-state index is 11.1. The monoisotopic (exact) mass is 445 g/mol. The molecule has 1 aliphatic heterocycles. The van der Waals surface area contributed by atoms with Crippen LogP contribution in [0.1, 0.15) is 39.9 Å². The Morgan fingerprint density at radius 3 is 2.52 bits per heavy atom. The number of nitrogens with one attached hydrogen (secondary N) is 1. The van der Waals surface area contributed by atoms with Crippen LogP contribution in [0.15, 0.2) is 54.9 Å². The number of hydrogen-bond donors (Lipinski definition) is 1. The molecule has 0 spiro atoms. The third-order valence-corrected chi connectivity index (χ3v) is 6.25. The van der Waals surface area contributed by atoms with Gasteiger partial charge in [-0.2, -0.15) is 0 Å². The van der Waals surface area contributed by atoms with E-state index in [0.717, 1.165) is 25.2 Å². The molecule has 1 N–H and O–H groups in total. The van der Waals surface area contributed by atoms with E-state index in [1.54, 1.807) is 25.5 Å². The largest absolute Gasteiger partial charge is 0.493 e. The number of methoxy groups -OCH3 is 1. The van der Waals surface area contributed by atoms with Crippen molar-refractivity contribution in [3.8, 4) is 5.75 Å². The molecule has 1 aliphatic carbocycles. The van der Waals surface area contributed by atoms with Gasteiger partial charge in [-0.15, -0.1) is 0 Å². The summed E-state index contributed by atoms with van der Waals surface area (Å²) in [6, 6.07) is 15.1. The van der Waals surface area contributed by atoms with Crippen molar-refractivity contribution >= 4 is 23.0 Å². The molecule has 0 radical (unpaired) electrons. The number of carbonyl (C=O) groups excluding carboxylic acids is 1. The summed E-state index contributed by atoms with van der Waals surface area (Å²) >= 11 is 0. The molecule has 0 saturated carbocycles. The summed E-state index contributed by atoms with van der Waals surface area (Å²) in [6.45, 7) is 0.846. The lowest BCUT2D eigenvalue weighted by Crippen LogP contribution is -2.12. The zero-order valence-corrected chi connectivity index (χ0v) is 19.6. The Morgan fingerprint density at radius 1 is 1.00 bits per heavy atom. The van der Waals surface area contributed by atoms with Gasteiger partial charge >= 0.3 is 5.97 Å². The number of benzene rings is 2. The Labute approximate surface area is 195 Å². The third kappa shape index (κ3) is 5.11. The average Bonchev–Trinajstić information content (AvgIpc) is 3.36. The molecule has 0 unspecified atom stereocenters. The molecule has 0 saturated heterocycles. The zero-order valence-electron chi connectivity index (χ0n) is 19.6. The number of nitrogens with zero attached hydrogens (tertiary/aromatic N) is 2. The topological polar surface area (TPSA) is 63.7 Å². The minimum absolute atomic E-state index is 0.359. The average molecular weight is 446 g/mol. The number of fused-ring (bicyclic) bond motifs is 2. The molecule has 1 aromatic heterocycles. The molecule has 0 fully saturated rings. The van der Waals surface area contributed by atoms with E-state index in [4.69, 9.17) is 4.74 Å². The van der Waals surface area contributed by atoms with Crippen LogP contribution in [0.5, 0.6) is 5.75 Å². The van der Waals surface area contributed by atoms with Crippen LogP contribution in [-0.4, -0.2) is 38.8 Å². The summed E-state index contributed by atoms with van der Waals surface area (Å²) in [7, 11) is 5.22. The van der Waals surface area contributed by atoms with Gasteiger partial charge in [0.1, 0.15) is 5.75 Å². The predicted molar refractivity (Wildman–Crippen MR) is 132 cm³/mol. The quantitative estimate of drug-likeness (QED) is 0.559. The standard InChI is InChI=1S/C19H21NO.C8H10N2O2/c1-20(17-9-7-14-4-2-5-16(14)12-17)18-10-8-15-6-3-11-21-19(15)13-18;1-9-7-5-10-4-3-6(7)8(11)12-2/h7-10,12-13H,2-6,11H2,1H3;3-5,9H,1-2H3. The van der Waals surface area contributed by atoms with Gasteiger partial charge in [-0.25, -0.2) is 4.79 Å². The van der Waals surface area contributed by atoms with Crippen molar-refractivity contribution in [2.45, 2.75) is 32.1 Å². The van der Waals surface area contributed by atoms with Gasteiger partial charge in [0.25, 0.3) is 0 Å². The normalized spacial score (nSPS) is 13.5. The molecule has 6 heteroatoms. The van der Waals surface area contributed by atoms with E-state index < -0.39 is 0 Å². The molecule has 0 bridgehead atoms. The molecule has 2 heterocycles. The van der Waals surface area contributed by atoms with E-state index in [0.29, 0.717) is 11.3 Å². The first-order valence-corrected chi connectivity index (χ1v) is 11.4. The van der Waals surface area contributed by atoms with Crippen LogP contribution in [-0.2, 0) is 24.0 Å². The molecular formula is C27H31N3O3. The first-order valence-electron chi connectivity index (χ1n) is 11.4. The maximum absolute atomic E-state index is 11.1. The smallest absolute Gasteiger partial charge is 0.340 e. The summed E-state index contributed by atoms with van der Waals surface area (Å²) in [5.41, 5.74) is 8.03. The number of pyridine rings is 1. The highest BCUT2D eigenvalue weighted by Gasteiger charge is 2.15. The van der Waals surface area contributed by atoms with Gasteiger partial charge in [-0.3, -0.25) is 4.98 Å². The molecule has 172 valence electrons. The number of esters is 1. The Morgan fingerprint density at radius 2 is 1.73 bits per heavy atom. The second-order valence-corrected chi connectivity index (χ2v) is 8.27. The fraction of sp³-hybridized carbons (Fsp3) is 0.333. The van der Waals surface area contributed by atoms with Gasteiger partial charge in [0.15, 0.2) is 0 Å². The van der Waals surface area contributed by atoms with E-state index in [1.807, 2.05) is 0 Å². The van der Waals surface area contributed by atoms with Gasteiger partial charge in [0.2, 0.25) is 0 Å². The van der Waals surface area contributed by atoms with Crippen molar-refractivity contribution in [1.29, 1.82) is 0 Å². The molecular weight excluding hydrogens is 414 g/mol. The first kappa shape index (κ1) is 22.6. The fourth-order valence-corrected chi connectivity index (χ4v) is 4.34. The van der Waals surface area contributed by atoms with Crippen LogP contribution < -0.4 is 15.0 Å². The van der Waals surface area contributed by atoms with Crippen LogP contribution in [0.3, 0.4) is 0 Å². The SMILES string of the molecule is CN(c1ccc2c(c1)CCC2)c1ccc2c(c1)OCCC2.CNc1cnccc1C(=O)OC. The van der Waals surface area contributed by atoms with Gasteiger partial charge in [0.05, 0.1) is 31.2 Å². The number of carbonyl (C=O) groups is 1. The molecule has 6 nitrogen and oxygen atoms in total. The van der Waals surface area contributed by atoms with Crippen molar-refractivity contribution in [3.63, 3.8) is 0 Å². The third-order valence-electron chi connectivity index (χ3n) is 6.25. The van der Waals surface area contributed by atoms with Crippen molar-refractivity contribution in [2.24, 2.45) is 0 Å². The minimum atomic E-state index is -0.359. The molecule has 3 aromatic rings. The number of ether oxygens (including phenoxy) is 2. The second kappa shape index (κ2) is 10.4. The van der Waals surface area contributed by atoms with E-state index in [9.17, 15) is 4.79 Å². The lowest BCUT2D eigenvalue weighted by atomic mass is 10.0. The van der Waals surface area contributed by atoms with E-state index in [1.165, 1.54) is 54.4 Å². The van der Waals surface area contributed by atoms with E-state index >= 15 is 0 Å². The van der Waals surface area contributed by atoms with Gasteiger partial charge in [-0.1, -0.05) is 12.1 Å². The fourth-order valence-electron chi connectivity index (χ4n) is 4.34. The van der Waals surface area contributed by atoms with Crippen LogP contribution in [0.2, 0.25) is 0 Å². The maximum Gasteiger partial charge on any atom is 0.340 e. The molecule has 2 aromatic carbocycles. The Kier molecular flexibility index (Phi) is 7.13. The number of anilines is 3. The summed E-state index contributed by atoms with van der Waals surface area (Å²) in [6.07, 6.45) is 9.16. The van der Waals surface area contributed by atoms with Crippen LogP contribution in [0.4, 0.5) is 17.1 Å². The van der Waals surface area contributed by atoms with Crippen LogP contribution in [0, 0.1) is 0 Å². The first-order chi connectivity index (χ1) is 16.1. The van der Waals surface area contributed by atoms with Gasteiger partial charge < -0.3 is 19.7 Å². The van der Waals surface area contributed by atoms with Crippen LogP contribution >= 0.6 is 0 Å². The summed E-state index contributed by atoms with van der Waals surface area (Å²) in [4.78, 5) is 17.2. The molecule has 5 rings (SSSR count). The van der Waals surface area contributed by atoms with Crippen molar-refractivity contribution in [1.82, 2.24) is 4.98 Å². The highest BCUT2D eigenvalue weighted by atomic mass is 16.5. The van der Waals surface area contributed by atoms with Crippen molar-refractivity contribution in [3.05, 3.63) is 77.1 Å². The molecule has 2 aliphatic rings. The van der Waals surface area contributed by atoms with E-state index in [2.05, 4.69) is 63.4 Å². The zero-order chi connectivity index (χ0) is 23.2. The Balaban J connectivity index is 0.000000185. The number of hydrogen-bond acceptors (Lipinski definition) is 6. The second-order valence-electron chi connectivity index (χ2n) is 8.27. The minimum Gasteiger partial charge on any atom is -0.493 e. The van der Waals surface area contributed by atoms with Crippen LogP contribution in [0.25, 0.3) is 0 Å². The lowest BCUT2D eigenvalue weighted by Gasteiger charge is -2.24. The number of rotatable bonds is 4. The Bertz CT molecular complexity index is 1130. The van der Waals surface area contributed by atoms with Crippen molar-refractivity contribution < 1.29 is 14.3 Å². The molecule has 0 atom stereocenters. The van der Waals surface area contributed by atoms with E-state index in [-0.39, 0.29) is 5.97 Å². The lowest BCUT2D eigenvalue weighted by molar-refractivity contribution is 0.0601. The predicted octanol–water partition coefficient (Wildman–Crippen LogP) is 5.18. The van der Waals surface area contributed by atoms with Gasteiger partial charge in [0, 0.05) is 37.7 Å². The highest BCUT2D eigenvalue weighted by Crippen LogP contribution is 2.34. The number of aryl methyl sites for hydroxylation is 3. The number of aromatic nitrogens is 1. The van der Waals surface area contributed by atoms with Gasteiger partial charge in [-0.05, 0) is 73.1 Å². The summed E-state index contributed by atoms with van der Waals surface area (Å²) in [5.74, 6) is 0.702. The Hall–Kier alpha value is -3.54.